The largest absolute Gasteiger partial charge is 0.497 e. The number of hydrazone groups is 1. The minimum atomic E-state index is -0.299. The van der Waals surface area contributed by atoms with Crippen LogP contribution in [0.25, 0.3) is 0 Å². The minimum Gasteiger partial charge on any atom is -0.497 e. The van der Waals surface area contributed by atoms with Crippen LogP contribution in [0.2, 0.25) is 0 Å². The van der Waals surface area contributed by atoms with Gasteiger partial charge in [0.15, 0.2) is 11.5 Å². The molecule has 0 bridgehead atoms. The lowest BCUT2D eigenvalue weighted by atomic mass is 10.1. The Morgan fingerprint density at radius 1 is 0.897 bits per heavy atom. The molecule has 0 heterocycles. The Kier molecular flexibility index (Phi) is 8.02. The third-order valence-corrected chi connectivity index (χ3v) is 3.97. The van der Waals surface area contributed by atoms with E-state index in [1.807, 2.05) is 0 Å². The first-order chi connectivity index (χ1) is 13.9. The molecule has 2 rings (SSSR count). The van der Waals surface area contributed by atoms with Crippen LogP contribution in [-0.2, 0) is 16.0 Å². The number of ether oxygens (including phenoxy) is 3. The molecule has 2 aromatic carbocycles. The number of amides is 2. The second-order valence-electron chi connectivity index (χ2n) is 6.20. The second-order valence-corrected chi connectivity index (χ2v) is 6.20. The summed E-state index contributed by atoms with van der Waals surface area (Å²) >= 11 is 0. The van der Waals surface area contributed by atoms with E-state index < -0.39 is 0 Å². The van der Waals surface area contributed by atoms with Crippen molar-refractivity contribution in [3.8, 4) is 17.2 Å². The molecular weight excluding hydrogens is 374 g/mol. The average molecular weight is 399 g/mol. The van der Waals surface area contributed by atoms with Gasteiger partial charge in [-0.15, -0.1) is 0 Å². The molecule has 0 atom stereocenters. The maximum atomic E-state index is 12.1. The van der Waals surface area contributed by atoms with Gasteiger partial charge in [-0.05, 0) is 48.9 Å². The lowest BCUT2D eigenvalue weighted by molar-refractivity contribution is -0.120. The van der Waals surface area contributed by atoms with Gasteiger partial charge in [0, 0.05) is 11.4 Å². The van der Waals surface area contributed by atoms with Crippen LogP contribution in [0.3, 0.4) is 0 Å². The molecule has 154 valence electrons. The highest BCUT2D eigenvalue weighted by Crippen LogP contribution is 2.27. The van der Waals surface area contributed by atoms with Gasteiger partial charge < -0.3 is 19.5 Å². The molecule has 0 aliphatic rings. The zero-order chi connectivity index (χ0) is 21.2. The highest BCUT2D eigenvalue weighted by Gasteiger charge is 2.09. The Balaban J connectivity index is 1.84. The second kappa shape index (κ2) is 10.7. The molecule has 0 fully saturated rings. The van der Waals surface area contributed by atoms with Crippen molar-refractivity contribution >= 4 is 23.2 Å². The first-order valence-corrected chi connectivity index (χ1v) is 8.92. The summed E-state index contributed by atoms with van der Waals surface area (Å²) in [6, 6.07) is 12.2. The van der Waals surface area contributed by atoms with Crippen molar-refractivity contribution in [1.29, 1.82) is 0 Å². The smallest absolute Gasteiger partial charge is 0.244 e. The van der Waals surface area contributed by atoms with Gasteiger partial charge in [0.25, 0.3) is 0 Å². The molecule has 0 aliphatic carbocycles. The van der Waals surface area contributed by atoms with Gasteiger partial charge in [0.05, 0.1) is 34.2 Å². The molecule has 0 unspecified atom stereocenters. The fourth-order valence-corrected chi connectivity index (χ4v) is 2.52. The van der Waals surface area contributed by atoms with E-state index in [1.54, 1.807) is 63.6 Å². The van der Waals surface area contributed by atoms with Crippen molar-refractivity contribution < 1.29 is 23.8 Å². The highest BCUT2D eigenvalue weighted by molar-refractivity contribution is 6.05. The SMILES string of the molecule is COc1ccc(NC(=O)C/C(C)=N\NC(=O)Cc2ccc(OC)c(OC)c2)cc1. The summed E-state index contributed by atoms with van der Waals surface area (Å²) in [5.74, 6) is 1.32. The van der Waals surface area contributed by atoms with E-state index in [0.29, 0.717) is 28.6 Å². The number of hydrogen-bond donors (Lipinski definition) is 2. The zero-order valence-electron chi connectivity index (χ0n) is 16.9. The fraction of sp³-hybridized carbons (Fsp3) is 0.286. The third kappa shape index (κ3) is 6.84. The molecule has 2 N–H and O–H groups in total. The predicted octanol–water partition coefficient (Wildman–Crippen LogP) is 2.78. The van der Waals surface area contributed by atoms with Gasteiger partial charge in [-0.1, -0.05) is 6.07 Å². The summed E-state index contributed by atoms with van der Waals surface area (Å²) in [6.45, 7) is 1.67. The van der Waals surface area contributed by atoms with Crippen LogP contribution in [0.1, 0.15) is 18.9 Å². The topological polar surface area (TPSA) is 98.2 Å². The molecule has 0 aromatic heterocycles. The monoisotopic (exact) mass is 399 g/mol. The van der Waals surface area contributed by atoms with Crippen LogP contribution < -0.4 is 25.0 Å². The van der Waals surface area contributed by atoms with Crippen molar-refractivity contribution in [3.05, 3.63) is 48.0 Å². The summed E-state index contributed by atoms with van der Waals surface area (Å²) in [5.41, 5.74) is 4.35. The molecule has 8 heteroatoms. The first kappa shape index (κ1) is 21.7. The van der Waals surface area contributed by atoms with Gasteiger partial charge in [-0.25, -0.2) is 5.43 Å². The van der Waals surface area contributed by atoms with E-state index >= 15 is 0 Å². The maximum Gasteiger partial charge on any atom is 0.244 e. The maximum absolute atomic E-state index is 12.1. The first-order valence-electron chi connectivity index (χ1n) is 8.92. The Hall–Kier alpha value is -3.55. The number of methoxy groups -OCH3 is 3. The molecule has 0 aliphatic heterocycles. The van der Waals surface area contributed by atoms with Crippen LogP contribution in [0.5, 0.6) is 17.2 Å². The number of carbonyl (C=O) groups excluding carboxylic acids is 2. The molecule has 0 saturated carbocycles. The number of nitrogens with one attached hydrogen (secondary N) is 2. The van der Waals surface area contributed by atoms with Gasteiger partial charge in [-0.2, -0.15) is 5.10 Å². The molecule has 8 nitrogen and oxygen atoms in total. The number of carbonyl (C=O) groups is 2. The Morgan fingerprint density at radius 3 is 2.21 bits per heavy atom. The van der Waals surface area contributed by atoms with Crippen molar-refractivity contribution in [2.75, 3.05) is 26.6 Å². The number of nitrogens with zero attached hydrogens (tertiary/aromatic N) is 1. The minimum absolute atomic E-state index is 0.0582. The van der Waals surface area contributed by atoms with E-state index in [1.165, 1.54) is 7.11 Å². The van der Waals surface area contributed by atoms with Crippen LogP contribution >= 0.6 is 0 Å². The third-order valence-electron chi connectivity index (χ3n) is 3.97. The highest BCUT2D eigenvalue weighted by atomic mass is 16.5. The van der Waals surface area contributed by atoms with E-state index in [4.69, 9.17) is 14.2 Å². The quantitative estimate of drug-likeness (QED) is 0.499. The summed E-state index contributed by atoms with van der Waals surface area (Å²) in [7, 11) is 4.66. The lowest BCUT2D eigenvalue weighted by Gasteiger charge is -2.09. The van der Waals surface area contributed by atoms with Gasteiger partial charge in [0.1, 0.15) is 5.75 Å². The van der Waals surface area contributed by atoms with E-state index in [0.717, 1.165) is 5.56 Å². The molecule has 2 aromatic rings. The predicted molar refractivity (Wildman–Crippen MR) is 111 cm³/mol. The summed E-state index contributed by atoms with van der Waals surface area (Å²) in [4.78, 5) is 24.2. The number of rotatable bonds is 9. The van der Waals surface area contributed by atoms with Crippen molar-refractivity contribution in [2.45, 2.75) is 19.8 Å². The zero-order valence-corrected chi connectivity index (χ0v) is 16.9. The number of anilines is 1. The van der Waals surface area contributed by atoms with Crippen molar-refractivity contribution in [3.63, 3.8) is 0 Å². The van der Waals surface area contributed by atoms with Crippen LogP contribution in [-0.4, -0.2) is 38.9 Å². The van der Waals surface area contributed by atoms with E-state index in [2.05, 4.69) is 15.8 Å². The van der Waals surface area contributed by atoms with Crippen molar-refractivity contribution in [2.24, 2.45) is 5.10 Å². The summed E-state index contributed by atoms with van der Waals surface area (Å²) < 4.78 is 15.5. The Labute approximate surface area is 169 Å². The lowest BCUT2D eigenvalue weighted by Crippen LogP contribution is -2.22. The van der Waals surface area contributed by atoms with Crippen LogP contribution in [0.4, 0.5) is 5.69 Å². The average Bonchev–Trinajstić information content (AvgIpc) is 2.72. The fourth-order valence-electron chi connectivity index (χ4n) is 2.52. The van der Waals surface area contributed by atoms with Gasteiger partial charge in [0.2, 0.25) is 11.8 Å². The number of benzene rings is 2. The van der Waals surface area contributed by atoms with Gasteiger partial charge in [-0.3, -0.25) is 9.59 Å². The molecule has 29 heavy (non-hydrogen) atoms. The summed E-state index contributed by atoms with van der Waals surface area (Å²) in [5, 5.41) is 6.75. The van der Waals surface area contributed by atoms with Crippen molar-refractivity contribution in [1.82, 2.24) is 5.43 Å². The normalized spacial score (nSPS) is 10.8. The van der Waals surface area contributed by atoms with Crippen LogP contribution in [0, 0.1) is 0 Å². The van der Waals surface area contributed by atoms with E-state index in [-0.39, 0.29) is 24.7 Å². The molecule has 0 radical (unpaired) electrons. The summed E-state index contributed by atoms with van der Waals surface area (Å²) in [6.07, 6.45) is 0.178. The standard InChI is InChI=1S/C21H25N3O5/c1-14(11-20(25)22-16-6-8-17(27-2)9-7-16)23-24-21(26)13-15-5-10-18(28-3)19(12-15)29-4/h5-10,12H,11,13H2,1-4H3,(H,22,25)(H,24,26)/b23-14-. The Morgan fingerprint density at radius 2 is 1.59 bits per heavy atom. The molecular formula is C21H25N3O5. The van der Waals surface area contributed by atoms with E-state index in [9.17, 15) is 9.59 Å². The molecule has 0 spiro atoms. The van der Waals surface area contributed by atoms with Gasteiger partial charge >= 0.3 is 0 Å². The molecule has 2 amide bonds. The Bertz CT molecular complexity index is 878. The number of hydrogen-bond acceptors (Lipinski definition) is 6. The van der Waals surface area contributed by atoms with Crippen LogP contribution in [0.15, 0.2) is 47.6 Å². The molecule has 0 saturated heterocycles.